The van der Waals surface area contributed by atoms with Gasteiger partial charge in [0, 0.05) is 13.6 Å². The van der Waals surface area contributed by atoms with E-state index in [4.69, 9.17) is 4.74 Å². The molecular formula is C19H25N3O3. The second-order valence-electron chi connectivity index (χ2n) is 6.51. The summed E-state index contributed by atoms with van der Waals surface area (Å²) in [6.07, 6.45) is 3.20. The van der Waals surface area contributed by atoms with E-state index in [-0.39, 0.29) is 11.9 Å². The van der Waals surface area contributed by atoms with Crippen molar-refractivity contribution < 1.29 is 14.3 Å². The first kappa shape index (κ1) is 17.3. The molecule has 0 radical (unpaired) electrons. The highest BCUT2D eigenvalue weighted by Crippen LogP contribution is 2.36. The predicted molar refractivity (Wildman–Crippen MR) is 95.2 cm³/mol. The number of urea groups is 1. The van der Waals surface area contributed by atoms with Crippen molar-refractivity contribution in [3.05, 3.63) is 41.1 Å². The summed E-state index contributed by atoms with van der Waals surface area (Å²) in [5.74, 6) is 0.773. The highest BCUT2D eigenvalue weighted by atomic mass is 16.5. The number of nitrogens with zero attached hydrogens (tertiary/aromatic N) is 2. The zero-order valence-corrected chi connectivity index (χ0v) is 15.0. The summed E-state index contributed by atoms with van der Waals surface area (Å²) >= 11 is 0. The Labute approximate surface area is 148 Å². The van der Waals surface area contributed by atoms with Crippen LogP contribution in [0.5, 0.6) is 5.75 Å². The molecule has 1 aromatic rings. The molecule has 0 saturated carbocycles. The second-order valence-corrected chi connectivity index (χ2v) is 6.51. The molecule has 134 valence electrons. The van der Waals surface area contributed by atoms with Gasteiger partial charge in [-0.25, -0.2) is 4.79 Å². The standard InChI is InChI=1S/C19H25N3O3/c1-4-5-6-11-22-12-15-16(18(22)23)17(20-19(24)21(15)2)13-7-9-14(25-3)10-8-13/h7-10,17H,4-6,11-12H2,1-3H3,(H,20,24)/t17-/m0/s1. The van der Waals surface area contributed by atoms with E-state index >= 15 is 0 Å². The number of amides is 3. The number of unbranched alkanes of at least 4 members (excludes halogenated alkanes) is 2. The van der Waals surface area contributed by atoms with E-state index in [9.17, 15) is 9.59 Å². The lowest BCUT2D eigenvalue weighted by atomic mass is 9.95. The Morgan fingerprint density at radius 2 is 1.92 bits per heavy atom. The summed E-state index contributed by atoms with van der Waals surface area (Å²) in [6, 6.07) is 6.90. The van der Waals surface area contributed by atoms with Gasteiger partial charge in [-0.3, -0.25) is 9.69 Å². The highest BCUT2D eigenvalue weighted by Gasteiger charge is 2.42. The smallest absolute Gasteiger partial charge is 0.322 e. The normalized spacial score (nSPS) is 20.0. The zero-order chi connectivity index (χ0) is 18.0. The summed E-state index contributed by atoms with van der Waals surface area (Å²) in [6.45, 7) is 3.39. The number of hydrogen-bond acceptors (Lipinski definition) is 3. The van der Waals surface area contributed by atoms with Gasteiger partial charge >= 0.3 is 6.03 Å². The number of likely N-dealkylation sites (N-methyl/N-ethyl adjacent to an activating group) is 1. The molecular weight excluding hydrogens is 318 g/mol. The van der Waals surface area contributed by atoms with E-state index in [1.807, 2.05) is 29.2 Å². The molecule has 6 heteroatoms. The van der Waals surface area contributed by atoms with E-state index < -0.39 is 6.04 Å². The van der Waals surface area contributed by atoms with Crippen LogP contribution < -0.4 is 10.1 Å². The van der Waals surface area contributed by atoms with Crippen LogP contribution in [0.4, 0.5) is 4.79 Å². The number of rotatable bonds is 6. The molecule has 1 atom stereocenters. The third-order valence-electron chi connectivity index (χ3n) is 4.92. The topological polar surface area (TPSA) is 61.9 Å². The van der Waals surface area contributed by atoms with Gasteiger partial charge in [0.1, 0.15) is 5.75 Å². The third kappa shape index (κ3) is 3.21. The van der Waals surface area contributed by atoms with Crippen molar-refractivity contribution in [2.45, 2.75) is 32.2 Å². The molecule has 3 amide bonds. The van der Waals surface area contributed by atoms with Crippen LogP contribution in [0.3, 0.4) is 0 Å². The van der Waals surface area contributed by atoms with Crippen molar-refractivity contribution in [1.29, 1.82) is 0 Å². The SMILES string of the molecule is CCCCCN1CC2=C(C1=O)[C@H](c1ccc(OC)cc1)NC(=O)N2C. The van der Waals surface area contributed by atoms with Crippen molar-refractivity contribution in [1.82, 2.24) is 15.1 Å². The average molecular weight is 343 g/mol. The monoisotopic (exact) mass is 343 g/mol. The second kappa shape index (κ2) is 7.17. The highest BCUT2D eigenvalue weighted by molar-refractivity contribution is 6.01. The number of nitrogens with one attached hydrogen (secondary N) is 1. The van der Waals surface area contributed by atoms with Gasteiger partial charge in [-0.15, -0.1) is 0 Å². The quantitative estimate of drug-likeness (QED) is 0.808. The van der Waals surface area contributed by atoms with Gasteiger partial charge in [0.2, 0.25) is 0 Å². The van der Waals surface area contributed by atoms with Crippen LogP contribution in [0.2, 0.25) is 0 Å². The largest absolute Gasteiger partial charge is 0.497 e. The molecule has 25 heavy (non-hydrogen) atoms. The minimum absolute atomic E-state index is 0.0266. The van der Waals surface area contributed by atoms with Crippen LogP contribution in [0.1, 0.15) is 37.8 Å². The minimum Gasteiger partial charge on any atom is -0.497 e. The van der Waals surface area contributed by atoms with Gasteiger partial charge in [0.15, 0.2) is 0 Å². The molecule has 0 bridgehead atoms. The van der Waals surface area contributed by atoms with Gasteiger partial charge in [-0.05, 0) is 24.1 Å². The lowest BCUT2D eigenvalue weighted by Crippen LogP contribution is -2.45. The predicted octanol–water partition coefficient (Wildman–Crippen LogP) is 2.68. The van der Waals surface area contributed by atoms with E-state index in [1.54, 1.807) is 19.1 Å². The Hall–Kier alpha value is -2.50. The van der Waals surface area contributed by atoms with E-state index in [0.29, 0.717) is 12.1 Å². The number of carbonyl (C=O) groups is 2. The van der Waals surface area contributed by atoms with Crippen LogP contribution in [-0.2, 0) is 4.79 Å². The maximum absolute atomic E-state index is 13.0. The molecule has 0 aliphatic carbocycles. The van der Waals surface area contributed by atoms with Crippen LogP contribution >= 0.6 is 0 Å². The van der Waals surface area contributed by atoms with E-state index in [0.717, 1.165) is 42.8 Å². The maximum atomic E-state index is 13.0. The molecule has 6 nitrogen and oxygen atoms in total. The molecule has 1 aromatic carbocycles. The van der Waals surface area contributed by atoms with Crippen molar-refractivity contribution in [2.24, 2.45) is 0 Å². The molecule has 0 unspecified atom stereocenters. The van der Waals surface area contributed by atoms with Gasteiger partial charge in [0.05, 0.1) is 31.0 Å². The van der Waals surface area contributed by atoms with E-state index in [2.05, 4.69) is 12.2 Å². The molecule has 0 spiro atoms. The first-order chi connectivity index (χ1) is 12.1. The van der Waals surface area contributed by atoms with Gasteiger partial charge in [0.25, 0.3) is 5.91 Å². The average Bonchev–Trinajstić information content (AvgIpc) is 2.96. The summed E-state index contributed by atoms with van der Waals surface area (Å²) < 4.78 is 5.19. The third-order valence-corrected chi connectivity index (χ3v) is 4.92. The maximum Gasteiger partial charge on any atom is 0.322 e. The Bertz CT molecular complexity index is 696. The van der Waals surface area contributed by atoms with Crippen LogP contribution in [-0.4, -0.2) is 49.0 Å². The molecule has 0 fully saturated rings. The molecule has 2 aliphatic rings. The summed E-state index contributed by atoms with van der Waals surface area (Å²) in [4.78, 5) is 28.7. The number of benzene rings is 1. The van der Waals surface area contributed by atoms with Crippen LogP contribution in [0, 0.1) is 0 Å². The lowest BCUT2D eigenvalue weighted by Gasteiger charge is -2.31. The fourth-order valence-corrected chi connectivity index (χ4v) is 3.40. The first-order valence-corrected chi connectivity index (χ1v) is 8.77. The van der Waals surface area contributed by atoms with Crippen molar-refractivity contribution >= 4 is 11.9 Å². The van der Waals surface area contributed by atoms with Crippen molar-refractivity contribution in [3.8, 4) is 5.75 Å². The Morgan fingerprint density at radius 1 is 1.20 bits per heavy atom. The molecule has 0 aromatic heterocycles. The summed E-state index contributed by atoms with van der Waals surface area (Å²) in [5, 5.41) is 2.95. The molecule has 2 aliphatic heterocycles. The summed E-state index contributed by atoms with van der Waals surface area (Å²) in [5.41, 5.74) is 2.38. The van der Waals surface area contributed by atoms with Gasteiger partial charge in [-0.2, -0.15) is 0 Å². The van der Waals surface area contributed by atoms with Gasteiger partial charge in [-0.1, -0.05) is 31.9 Å². The number of carbonyl (C=O) groups excluding carboxylic acids is 2. The minimum atomic E-state index is -0.409. The fraction of sp³-hybridized carbons (Fsp3) is 0.474. The molecule has 1 N–H and O–H groups in total. The van der Waals surface area contributed by atoms with E-state index in [1.165, 1.54) is 0 Å². The fourth-order valence-electron chi connectivity index (χ4n) is 3.40. The van der Waals surface area contributed by atoms with Crippen molar-refractivity contribution in [3.63, 3.8) is 0 Å². The Morgan fingerprint density at radius 3 is 2.56 bits per heavy atom. The molecule has 3 rings (SSSR count). The molecule has 2 heterocycles. The number of methoxy groups -OCH3 is 1. The number of hydrogen-bond donors (Lipinski definition) is 1. The lowest BCUT2D eigenvalue weighted by molar-refractivity contribution is -0.125. The zero-order valence-electron chi connectivity index (χ0n) is 15.0. The Balaban J connectivity index is 1.88. The van der Waals surface area contributed by atoms with Crippen LogP contribution in [0.15, 0.2) is 35.5 Å². The Kier molecular flexibility index (Phi) is 4.97. The summed E-state index contributed by atoms with van der Waals surface area (Å²) in [7, 11) is 3.33. The van der Waals surface area contributed by atoms with Crippen molar-refractivity contribution in [2.75, 3.05) is 27.2 Å². The van der Waals surface area contributed by atoms with Crippen LogP contribution in [0.25, 0.3) is 0 Å². The number of ether oxygens (including phenoxy) is 1. The molecule has 0 saturated heterocycles. The van der Waals surface area contributed by atoms with Gasteiger partial charge < -0.3 is 15.0 Å². The first-order valence-electron chi connectivity index (χ1n) is 8.77.